The predicted octanol–water partition coefficient (Wildman–Crippen LogP) is 2.41. The molecule has 170 valence electrons. The van der Waals surface area contributed by atoms with E-state index in [1.807, 2.05) is 24.5 Å². The summed E-state index contributed by atoms with van der Waals surface area (Å²) in [5.41, 5.74) is 5.27. The van der Waals surface area contributed by atoms with Gasteiger partial charge < -0.3 is 15.2 Å². The lowest BCUT2D eigenvalue weighted by molar-refractivity contribution is 0.0658. The second kappa shape index (κ2) is 7.95. The summed E-state index contributed by atoms with van der Waals surface area (Å²) < 4.78 is 0. The molecule has 33 heavy (non-hydrogen) atoms. The number of nitrogens with zero attached hydrogens (tertiary/aromatic N) is 4. The van der Waals surface area contributed by atoms with Crippen LogP contribution in [-0.2, 0) is 6.54 Å². The third kappa shape index (κ3) is 3.68. The van der Waals surface area contributed by atoms with Gasteiger partial charge >= 0.3 is 0 Å². The fourth-order valence-corrected chi connectivity index (χ4v) is 5.32. The highest BCUT2D eigenvalue weighted by Gasteiger charge is 2.43. The van der Waals surface area contributed by atoms with Gasteiger partial charge in [-0.2, -0.15) is 0 Å². The van der Waals surface area contributed by atoms with Crippen LogP contribution >= 0.6 is 0 Å². The standard InChI is InChI=1S/C25H28N6O2/c1-26-25(33)19-5-4-17(13-28-19)31-9-8-30(22-6-7-23(22)31)14-15-10-21-20(27-12-15)11-18(16-2-3-16)24(32)29-21/h4-5,10-13,16,22-23H,2-3,6-9,14H2,1H3,(H,26,33)(H,29,32). The molecule has 8 heteroatoms. The summed E-state index contributed by atoms with van der Waals surface area (Å²) in [7, 11) is 1.62. The summed E-state index contributed by atoms with van der Waals surface area (Å²) in [6, 6.07) is 8.80. The average Bonchev–Trinajstić information content (AvgIpc) is 3.64. The summed E-state index contributed by atoms with van der Waals surface area (Å²) in [6.07, 6.45) is 8.32. The number of carbonyl (C=O) groups excluding carboxylic acids is 1. The van der Waals surface area contributed by atoms with E-state index in [1.54, 1.807) is 13.1 Å². The first-order chi connectivity index (χ1) is 16.1. The van der Waals surface area contributed by atoms with Crippen molar-refractivity contribution in [2.45, 2.75) is 50.2 Å². The quantitative estimate of drug-likeness (QED) is 0.628. The number of piperazine rings is 1. The Balaban J connectivity index is 1.17. The monoisotopic (exact) mass is 444 g/mol. The van der Waals surface area contributed by atoms with Crippen LogP contribution in [0.4, 0.5) is 5.69 Å². The average molecular weight is 445 g/mol. The summed E-state index contributed by atoms with van der Waals surface area (Å²) in [5.74, 6) is 0.253. The number of rotatable bonds is 5. The van der Waals surface area contributed by atoms with E-state index < -0.39 is 0 Å². The summed E-state index contributed by atoms with van der Waals surface area (Å²) in [5, 5.41) is 2.61. The Morgan fingerprint density at radius 1 is 1.09 bits per heavy atom. The van der Waals surface area contributed by atoms with E-state index in [1.165, 1.54) is 6.42 Å². The fraction of sp³-hybridized carbons (Fsp3) is 0.440. The van der Waals surface area contributed by atoms with Crippen LogP contribution in [0.1, 0.15) is 53.2 Å². The van der Waals surface area contributed by atoms with Crippen LogP contribution in [0.25, 0.3) is 11.0 Å². The molecule has 4 heterocycles. The van der Waals surface area contributed by atoms with Gasteiger partial charge in [-0.05, 0) is 61.4 Å². The van der Waals surface area contributed by atoms with Crippen molar-refractivity contribution in [1.29, 1.82) is 0 Å². The molecule has 2 saturated carbocycles. The number of aromatic amines is 1. The van der Waals surface area contributed by atoms with E-state index in [4.69, 9.17) is 0 Å². The molecule has 3 aromatic heterocycles. The van der Waals surface area contributed by atoms with Gasteiger partial charge in [-0.15, -0.1) is 0 Å². The maximum Gasteiger partial charge on any atom is 0.269 e. The molecule has 1 aliphatic heterocycles. The Kier molecular flexibility index (Phi) is 4.90. The van der Waals surface area contributed by atoms with Crippen LogP contribution in [0.2, 0.25) is 0 Å². The van der Waals surface area contributed by atoms with Gasteiger partial charge in [0, 0.05) is 50.5 Å². The van der Waals surface area contributed by atoms with Crippen LogP contribution in [0.5, 0.6) is 0 Å². The van der Waals surface area contributed by atoms with Gasteiger partial charge in [-0.1, -0.05) is 0 Å². The van der Waals surface area contributed by atoms with Gasteiger partial charge in [0.15, 0.2) is 0 Å². The third-order valence-electron chi connectivity index (χ3n) is 7.42. The van der Waals surface area contributed by atoms with Crippen molar-refractivity contribution in [2.75, 3.05) is 25.0 Å². The largest absolute Gasteiger partial charge is 0.364 e. The zero-order valence-electron chi connectivity index (χ0n) is 18.8. The van der Waals surface area contributed by atoms with Gasteiger partial charge in [0.05, 0.1) is 22.9 Å². The highest BCUT2D eigenvalue weighted by Crippen LogP contribution is 2.39. The number of anilines is 1. The molecule has 2 unspecified atom stereocenters. The molecule has 2 aliphatic carbocycles. The van der Waals surface area contributed by atoms with Gasteiger partial charge in [0.1, 0.15) is 5.69 Å². The Labute approximate surface area is 192 Å². The molecule has 3 aliphatic rings. The lowest BCUT2D eigenvalue weighted by Gasteiger charge is -2.54. The Bertz CT molecular complexity index is 1270. The lowest BCUT2D eigenvalue weighted by atomic mass is 9.81. The molecule has 2 N–H and O–H groups in total. The van der Waals surface area contributed by atoms with E-state index in [0.29, 0.717) is 23.7 Å². The second-order valence-corrected chi connectivity index (χ2v) is 9.46. The number of carbonyl (C=O) groups is 1. The molecular formula is C25H28N6O2. The van der Waals surface area contributed by atoms with Crippen molar-refractivity contribution >= 4 is 22.6 Å². The normalized spacial score (nSPS) is 22.6. The topological polar surface area (TPSA) is 94.2 Å². The number of H-pyrrole nitrogens is 1. The molecular weight excluding hydrogens is 416 g/mol. The van der Waals surface area contributed by atoms with E-state index in [2.05, 4.69) is 36.1 Å². The summed E-state index contributed by atoms with van der Waals surface area (Å²) in [4.78, 5) is 41.3. The summed E-state index contributed by atoms with van der Waals surface area (Å²) >= 11 is 0. The zero-order chi connectivity index (χ0) is 22.5. The van der Waals surface area contributed by atoms with Crippen LogP contribution in [0.15, 0.2) is 41.5 Å². The summed E-state index contributed by atoms with van der Waals surface area (Å²) in [6.45, 7) is 2.70. The van der Waals surface area contributed by atoms with E-state index in [9.17, 15) is 9.59 Å². The number of hydrogen-bond acceptors (Lipinski definition) is 6. The molecule has 1 amide bonds. The number of nitrogens with one attached hydrogen (secondary N) is 2. The minimum absolute atomic E-state index is 0.0349. The van der Waals surface area contributed by atoms with Crippen LogP contribution in [0, 0.1) is 0 Å². The first-order valence-corrected chi connectivity index (χ1v) is 11.8. The first kappa shape index (κ1) is 20.4. The number of pyridine rings is 3. The van der Waals surface area contributed by atoms with Gasteiger partial charge in [0.25, 0.3) is 11.5 Å². The fourth-order valence-electron chi connectivity index (χ4n) is 5.32. The van der Waals surface area contributed by atoms with E-state index in [0.717, 1.165) is 66.7 Å². The highest BCUT2D eigenvalue weighted by molar-refractivity contribution is 5.92. The number of amides is 1. The SMILES string of the molecule is CNC(=O)c1ccc(N2CCN(Cc3cnc4cc(C5CC5)c(=O)[nH]c4c3)C3CCC32)cn1. The maximum absolute atomic E-state index is 12.4. The maximum atomic E-state index is 12.4. The highest BCUT2D eigenvalue weighted by atomic mass is 16.1. The molecule has 0 radical (unpaired) electrons. The molecule has 0 bridgehead atoms. The minimum atomic E-state index is -0.165. The molecule has 1 saturated heterocycles. The predicted molar refractivity (Wildman–Crippen MR) is 127 cm³/mol. The first-order valence-electron chi connectivity index (χ1n) is 11.8. The van der Waals surface area contributed by atoms with Crippen molar-refractivity contribution in [3.8, 4) is 0 Å². The van der Waals surface area contributed by atoms with Crippen molar-refractivity contribution in [2.24, 2.45) is 0 Å². The molecule has 8 nitrogen and oxygen atoms in total. The van der Waals surface area contributed by atoms with Crippen molar-refractivity contribution < 1.29 is 4.79 Å². The van der Waals surface area contributed by atoms with E-state index >= 15 is 0 Å². The van der Waals surface area contributed by atoms with Gasteiger partial charge in [0.2, 0.25) is 0 Å². The van der Waals surface area contributed by atoms with Crippen LogP contribution in [-0.4, -0.2) is 58.0 Å². The van der Waals surface area contributed by atoms with Crippen LogP contribution in [0.3, 0.4) is 0 Å². The number of hydrogen-bond donors (Lipinski definition) is 2. The lowest BCUT2D eigenvalue weighted by Crippen LogP contribution is -2.64. The second-order valence-electron chi connectivity index (χ2n) is 9.46. The molecule has 2 atom stereocenters. The van der Waals surface area contributed by atoms with Gasteiger partial charge in [-0.25, -0.2) is 4.98 Å². The number of aromatic nitrogens is 3. The Morgan fingerprint density at radius 3 is 2.64 bits per heavy atom. The molecule has 3 aromatic rings. The van der Waals surface area contributed by atoms with Crippen molar-refractivity contribution in [3.05, 3.63) is 63.8 Å². The molecule has 6 rings (SSSR count). The Hall–Kier alpha value is -3.26. The van der Waals surface area contributed by atoms with Gasteiger partial charge in [-0.3, -0.25) is 19.5 Å². The van der Waals surface area contributed by atoms with Crippen LogP contribution < -0.4 is 15.8 Å². The van der Waals surface area contributed by atoms with Crippen molar-refractivity contribution in [3.63, 3.8) is 0 Å². The zero-order valence-corrected chi connectivity index (χ0v) is 18.8. The minimum Gasteiger partial charge on any atom is -0.364 e. The molecule has 0 spiro atoms. The molecule has 3 fully saturated rings. The number of fused-ring (bicyclic) bond motifs is 2. The Morgan fingerprint density at radius 2 is 1.94 bits per heavy atom. The van der Waals surface area contributed by atoms with Crippen molar-refractivity contribution in [1.82, 2.24) is 25.2 Å². The third-order valence-corrected chi connectivity index (χ3v) is 7.42. The van der Waals surface area contributed by atoms with E-state index in [-0.39, 0.29) is 11.5 Å². The molecule has 0 aromatic carbocycles. The smallest absolute Gasteiger partial charge is 0.269 e.